The second kappa shape index (κ2) is 8.16. The fraction of sp³-hybridized carbons (Fsp3) is 0.926. The van der Waals surface area contributed by atoms with Crippen LogP contribution in [0, 0.1) is 46.3 Å². The van der Waals surface area contributed by atoms with Gasteiger partial charge < -0.3 is 5.73 Å². The summed E-state index contributed by atoms with van der Waals surface area (Å²) < 4.78 is 0. The van der Waals surface area contributed by atoms with Crippen molar-refractivity contribution >= 4 is 11.6 Å². The molecule has 4 aliphatic carbocycles. The lowest BCUT2D eigenvalue weighted by Crippen LogP contribution is -2.56. The minimum Gasteiger partial charge on any atom is -0.324 e. The Kier molecular flexibility index (Phi) is 6.24. The first-order valence-corrected chi connectivity index (χ1v) is 13.2. The Balaban J connectivity index is 1.54. The molecule has 2 heteroatoms. The van der Waals surface area contributed by atoms with Crippen molar-refractivity contribution in [3.8, 4) is 0 Å². The van der Waals surface area contributed by atoms with Gasteiger partial charge in [-0.15, -0.1) is 11.6 Å². The van der Waals surface area contributed by atoms with Crippen molar-refractivity contribution < 1.29 is 0 Å². The van der Waals surface area contributed by atoms with Gasteiger partial charge >= 0.3 is 0 Å². The molecule has 1 nitrogen and oxygen atoms in total. The Morgan fingerprint density at radius 3 is 2.52 bits per heavy atom. The van der Waals surface area contributed by atoms with Crippen LogP contribution < -0.4 is 5.73 Å². The standard InChI is InChI=1S/C27H46ClN/c1-17(2)7-6-8-18(3)21-9-10-22-25-23(12-14-27(21,22)5)26(4)13-11-20(28)15-19(26)16-24(25)29/h16-18,20-25H,6-15,29H2,1-5H3/t18-,20+,21-,22+,23+,24-,25+,26+,27-/m1/s1. The lowest BCUT2D eigenvalue weighted by Gasteiger charge is -2.60. The monoisotopic (exact) mass is 419 g/mol. The molecule has 29 heavy (non-hydrogen) atoms. The second-order valence-corrected chi connectivity index (χ2v) is 13.0. The third-order valence-electron chi connectivity index (χ3n) is 10.3. The molecule has 0 aromatic carbocycles. The van der Waals surface area contributed by atoms with E-state index < -0.39 is 0 Å². The number of nitrogens with two attached hydrogens (primary N) is 1. The molecule has 0 unspecified atom stereocenters. The van der Waals surface area contributed by atoms with Crippen LogP contribution in [0.1, 0.15) is 98.8 Å². The molecule has 0 spiro atoms. The first-order chi connectivity index (χ1) is 13.7. The molecule has 0 saturated heterocycles. The van der Waals surface area contributed by atoms with E-state index >= 15 is 0 Å². The molecule has 3 saturated carbocycles. The average molecular weight is 420 g/mol. The minimum absolute atomic E-state index is 0.254. The summed E-state index contributed by atoms with van der Waals surface area (Å²) in [5.74, 6) is 4.93. The van der Waals surface area contributed by atoms with E-state index in [1.807, 2.05) is 0 Å². The van der Waals surface area contributed by atoms with Crippen molar-refractivity contribution in [3.63, 3.8) is 0 Å². The normalized spacial score (nSPS) is 47.9. The van der Waals surface area contributed by atoms with Crippen molar-refractivity contribution in [2.75, 3.05) is 0 Å². The van der Waals surface area contributed by atoms with Gasteiger partial charge in [0.15, 0.2) is 0 Å². The van der Waals surface area contributed by atoms with Crippen LogP contribution >= 0.6 is 11.6 Å². The molecule has 0 radical (unpaired) electrons. The number of hydrogen-bond donors (Lipinski definition) is 1. The Hall–Kier alpha value is -0.0100. The van der Waals surface area contributed by atoms with E-state index in [0.717, 1.165) is 36.0 Å². The van der Waals surface area contributed by atoms with Crippen LogP contribution in [0.3, 0.4) is 0 Å². The molecule has 0 bridgehead atoms. The molecule has 2 N–H and O–H groups in total. The smallest absolute Gasteiger partial charge is 0.0373 e. The summed E-state index contributed by atoms with van der Waals surface area (Å²) in [6.07, 6.45) is 15.9. The first-order valence-electron chi connectivity index (χ1n) is 12.8. The maximum Gasteiger partial charge on any atom is 0.0373 e. The molecule has 3 fully saturated rings. The average Bonchev–Trinajstić information content (AvgIpc) is 3.00. The lowest BCUT2D eigenvalue weighted by molar-refractivity contribution is -0.0561. The van der Waals surface area contributed by atoms with Gasteiger partial charge in [0.25, 0.3) is 0 Å². The number of rotatable bonds is 5. The number of hydrogen-bond acceptors (Lipinski definition) is 1. The molecule has 4 rings (SSSR count). The summed E-state index contributed by atoms with van der Waals surface area (Å²) in [6, 6.07) is 0.254. The zero-order valence-electron chi connectivity index (χ0n) is 19.7. The molecule has 166 valence electrons. The number of alkyl halides is 1. The zero-order valence-corrected chi connectivity index (χ0v) is 20.5. The van der Waals surface area contributed by atoms with Gasteiger partial charge in [0.05, 0.1) is 0 Å². The van der Waals surface area contributed by atoms with Crippen molar-refractivity contribution in [3.05, 3.63) is 11.6 Å². The Bertz CT molecular complexity index is 626. The van der Waals surface area contributed by atoms with E-state index in [2.05, 4.69) is 40.7 Å². The molecule has 9 atom stereocenters. The van der Waals surface area contributed by atoms with E-state index in [9.17, 15) is 0 Å². The fourth-order valence-electron chi connectivity index (χ4n) is 8.72. The van der Waals surface area contributed by atoms with Gasteiger partial charge in [0, 0.05) is 11.4 Å². The highest BCUT2D eigenvalue weighted by atomic mass is 35.5. The van der Waals surface area contributed by atoms with Crippen LogP contribution in [0.15, 0.2) is 11.6 Å². The summed E-state index contributed by atoms with van der Waals surface area (Å²) in [6.45, 7) is 12.5. The highest BCUT2D eigenvalue weighted by molar-refractivity contribution is 6.20. The minimum atomic E-state index is 0.254. The van der Waals surface area contributed by atoms with Crippen molar-refractivity contribution in [1.29, 1.82) is 0 Å². The van der Waals surface area contributed by atoms with Crippen molar-refractivity contribution in [2.45, 2.75) is 110 Å². The molecule has 4 aliphatic rings. The highest BCUT2D eigenvalue weighted by Gasteiger charge is 2.60. The van der Waals surface area contributed by atoms with Crippen LogP contribution in [0.4, 0.5) is 0 Å². The van der Waals surface area contributed by atoms with E-state index in [1.165, 1.54) is 57.8 Å². The summed E-state index contributed by atoms with van der Waals surface area (Å²) in [7, 11) is 0. The van der Waals surface area contributed by atoms with Crippen molar-refractivity contribution in [2.24, 2.45) is 52.1 Å². The Labute approximate surface area is 185 Å². The van der Waals surface area contributed by atoms with E-state index in [4.69, 9.17) is 17.3 Å². The summed E-state index contributed by atoms with van der Waals surface area (Å²) in [5, 5.41) is 0.328. The summed E-state index contributed by atoms with van der Waals surface area (Å²) in [4.78, 5) is 0. The van der Waals surface area contributed by atoms with E-state index in [0.29, 0.717) is 22.1 Å². The maximum absolute atomic E-state index is 6.93. The topological polar surface area (TPSA) is 26.0 Å². The largest absolute Gasteiger partial charge is 0.324 e. The summed E-state index contributed by atoms with van der Waals surface area (Å²) in [5.41, 5.74) is 9.42. The Morgan fingerprint density at radius 2 is 1.79 bits per heavy atom. The number of allylic oxidation sites excluding steroid dienone is 1. The fourth-order valence-corrected chi connectivity index (χ4v) is 8.99. The SMILES string of the molecule is CC(C)CCC[C@@H](C)[C@H]1CC[C@H]2[C@@H]3[C@H](N)C=C4C[C@@H](Cl)CC[C@]4(C)[C@H]3CC[C@]12C. The lowest BCUT2D eigenvalue weighted by atomic mass is 9.46. The van der Waals surface area contributed by atoms with Crippen LogP contribution in [0.5, 0.6) is 0 Å². The second-order valence-electron chi connectivity index (χ2n) is 12.3. The predicted octanol–water partition coefficient (Wildman–Crippen LogP) is 7.57. The van der Waals surface area contributed by atoms with Crippen LogP contribution in [-0.2, 0) is 0 Å². The highest BCUT2D eigenvalue weighted by Crippen LogP contribution is 2.67. The van der Waals surface area contributed by atoms with Gasteiger partial charge in [-0.2, -0.15) is 0 Å². The number of halogens is 1. The van der Waals surface area contributed by atoms with Gasteiger partial charge in [-0.1, -0.05) is 65.5 Å². The van der Waals surface area contributed by atoms with Gasteiger partial charge in [-0.3, -0.25) is 0 Å². The van der Waals surface area contributed by atoms with E-state index in [1.54, 1.807) is 5.57 Å². The molecule has 0 aromatic heterocycles. The maximum atomic E-state index is 6.93. The zero-order chi connectivity index (χ0) is 21.0. The molecule has 0 aliphatic heterocycles. The van der Waals surface area contributed by atoms with Crippen LogP contribution in [0.2, 0.25) is 0 Å². The predicted molar refractivity (Wildman–Crippen MR) is 126 cm³/mol. The van der Waals surface area contributed by atoms with Crippen LogP contribution in [0.25, 0.3) is 0 Å². The van der Waals surface area contributed by atoms with Gasteiger partial charge in [-0.25, -0.2) is 0 Å². The molecule has 0 heterocycles. The molecule has 0 amide bonds. The van der Waals surface area contributed by atoms with Crippen molar-refractivity contribution in [1.82, 2.24) is 0 Å². The molecule has 0 aromatic rings. The van der Waals surface area contributed by atoms with Gasteiger partial charge in [-0.05, 0) is 91.3 Å². The molecular formula is C27H46ClN. The third-order valence-corrected chi connectivity index (χ3v) is 10.7. The van der Waals surface area contributed by atoms with Gasteiger partial charge in [0.1, 0.15) is 0 Å². The summed E-state index contributed by atoms with van der Waals surface area (Å²) >= 11 is 6.57. The van der Waals surface area contributed by atoms with E-state index in [-0.39, 0.29) is 6.04 Å². The Morgan fingerprint density at radius 1 is 1.03 bits per heavy atom. The first kappa shape index (κ1) is 22.2. The van der Waals surface area contributed by atoms with Gasteiger partial charge in [0.2, 0.25) is 0 Å². The van der Waals surface area contributed by atoms with Crippen LogP contribution in [-0.4, -0.2) is 11.4 Å². The number of fused-ring (bicyclic) bond motifs is 5. The third kappa shape index (κ3) is 3.75. The molecular weight excluding hydrogens is 374 g/mol. The quantitative estimate of drug-likeness (QED) is 0.360.